The fourth-order valence-electron chi connectivity index (χ4n) is 8.46. The van der Waals surface area contributed by atoms with Gasteiger partial charge < -0.3 is 10.2 Å². The van der Waals surface area contributed by atoms with Crippen molar-refractivity contribution in [2.24, 2.45) is 46.3 Å². The number of fused-ring (bicyclic) bond motifs is 5. The fraction of sp³-hybridized carbons (Fsp3) is 0.917. The van der Waals surface area contributed by atoms with E-state index in [-0.39, 0.29) is 6.61 Å². The first-order valence-corrected chi connectivity index (χ1v) is 11.1. The highest BCUT2D eigenvalue weighted by atomic mass is 16.3. The average Bonchev–Trinajstić information content (AvgIpc) is 2.91. The summed E-state index contributed by atoms with van der Waals surface area (Å²) in [5.74, 6) is 4.52. The van der Waals surface area contributed by atoms with Crippen LogP contribution >= 0.6 is 0 Å². The van der Waals surface area contributed by atoms with E-state index in [1.165, 1.54) is 38.5 Å². The molecule has 4 aliphatic rings. The maximum atomic E-state index is 10.7. The SMILES string of the molecule is C=C(CO)[C@H]1CC[C@H]2[C@@H]3CC(C)(C)[C@@H]4C[C@](C)(O)CC[C@@H]4[C@H]3CC[C@]12C. The number of hydrogen-bond donors (Lipinski definition) is 2. The predicted octanol–water partition coefficient (Wildman–Crippen LogP) is 5.19. The summed E-state index contributed by atoms with van der Waals surface area (Å²) in [4.78, 5) is 0. The van der Waals surface area contributed by atoms with Crippen molar-refractivity contribution in [1.82, 2.24) is 0 Å². The Kier molecular flexibility index (Phi) is 4.44. The van der Waals surface area contributed by atoms with Gasteiger partial charge in [0.25, 0.3) is 0 Å². The molecule has 0 spiro atoms. The highest BCUT2D eigenvalue weighted by molar-refractivity contribution is 5.16. The summed E-state index contributed by atoms with van der Waals surface area (Å²) < 4.78 is 0. The van der Waals surface area contributed by atoms with Gasteiger partial charge in [0.15, 0.2) is 0 Å². The molecule has 0 bridgehead atoms. The number of rotatable bonds is 2. The monoisotopic (exact) mass is 360 g/mol. The molecule has 0 aromatic rings. The zero-order valence-electron chi connectivity index (χ0n) is 17.4. The largest absolute Gasteiger partial charge is 0.392 e. The molecule has 4 fully saturated rings. The van der Waals surface area contributed by atoms with E-state index < -0.39 is 5.60 Å². The normalized spacial score (nSPS) is 52.7. The van der Waals surface area contributed by atoms with E-state index in [4.69, 9.17) is 0 Å². The summed E-state index contributed by atoms with van der Waals surface area (Å²) in [6.45, 7) is 13.9. The van der Waals surface area contributed by atoms with Crippen LogP contribution in [0.25, 0.3) is 0 Å². The quantitative estimate of drug-likeness (QED) is 0.665. The molecule has 0 heterocycles. The Morgan fingerprint density at radius 3 is 2.27 bits per heavy atom. The smallest absolute Gasteiger partial charge is 0.0642 e. The molecular weight excluding hydrogens is 320 g/mol. The third kappa shape index (κ3) is 2.73. The third-order valence-corrected chi connectivity index (χ3v) is 9.70. The summed E-state index contributed by atoms with van der Waals surface area (Å²) in [5, 5.41) is 20.4. The zero-order valence-corrected chi connectivity index (χ0v) is 17.4. The maximum Gasteiger partial charge on any atom is 0.0642 e. The van der Waals surface area contributed by atoms with Crippen LogP contribution in [-0.2, 0) is 0 Å². The summed E-state index contributed by atoms with van der Waals surface area (Å²) in [7, 11) is 0. The summed E-state index contributed by atoms with van der Waals surface area (Å²) in [6, 6.07) is 0. The lowest BCUT2D eigenvalue weighted by Gasteiger charge is -2.61. The van der Waals surface area contributed by atoms with Gasteiger partial charge in [0, 0.05) is 0 Å². The second kappa shape index (κ2) is 6.08. The van der Waals surface area contributed by atoms with Crippen LogP contribution in [0.15, 0.2) is 12.2 Å². The van der Waals surface area contributed by atoms with Crippen molar-refractivity contribution in [3.05, 3.63) is 12.2 Å². The number of hydrogen-bond acceptors (Lipinski definition) is 2. The van der Waals surface area contributed by atoms with Crippen LogP contribution in [0.4, 0.5) is 0 Å². The van der Waals surface area contributed by atoms with Gasteiger partial charge in [0.1, 0.15) is 0 Å². The lowest BCUT2D eigenvalue weighted by Crippen LogP contribution is -2.55. The summed E-state index contributed by atoms with van der Waals surface area (Å²) in [6.07, 6.45) is 9.75. The van der Waals surface area contributed by atoms with Gasteiger partial charge in [-0.2, -0.15) is 0 Å². The van der Waals surface area contributed by atoms with Crippen LogP contribution in [-0.4, -0.2) is 22.4 Å². The van der Waals surface area contributed by atoms with Crippen molar-refractivity contribution in [3.8, 4) is 0 Å². The van der Waals surface area contributed by atoms with Gasteiger partial charge >= 0.3 is 0 Å². The molecule has 148 valence electrons. The first-order valence-electron chi connectivity index (χ1n) is 11.1. The molecular formula is C24H40O2. The summed E-state index contributed by atoms with van der Waals surface area (Å²) in [5.41, 5.74) is 1.31. The first kappa shape index (κ1) is 19.0. The summed E-state index contributed by atoms with van der Waals surface area (Å²) >= 11 is 0. The Morgan fingerprint density at radius 1 is 0.885 bits per heavy atom. The van der Waals surface area contributed by atoms with Crippen LogP contribution in [0.1, 0.15) is 79.1 Å². The first-order chi connectivity index (χ1) is 12.1. The Bertz CT molecular complexity index is 577. The molecule has 0 aliphatic heterocycles. The molecule has 0 unspecified atom stereocenters. The van der Waals surface area contributed by atoms with Gasteiger partial charge in [0.05, 0.1) is 12.2 Å². The minimum Gasteiger partial charge on any atom is -0.392 e. The molecule has 0 radical (unpaired) electrons. The van der Waals surface area contributed by atoms with Crippen molar-refractivity contribution in [1.29, 1.82) is 0 Å². The van der Waals surface area contributed by atoms with Crippen molar-refractivity contribution >= 4 is 0 Å². The maximum absolute atomic E-state index is 10.7. The molecule has 8 atom stereocenters. The molecule has 0 saturated heterocycles. The molecule has 4 aliphatic carbocycles. The van der Waals surface area contributed by atoms with Crippen molar-refractivity contribution < 1.29 is 10.2 Å². The van der Waals surface area contributed by atoms with Crippen molar-refractivity contribution in [2.75, 3.05) is 6.61 Å². The van der Waals surface area contributed by atoms with Gasteiger partial charge in [-0.15, -0.1) is 0 Å². The third-order valence-electron chi connectivity index (χ3n) is 9.70. The van der Waals surface area contributed by atoms with E-state index in [2.05, 4.69) is 34.3 Å². The molecule has 2 nitrogen and oxygen atoms in total. The van der Waals surface area contributed by atoms with Crippen LogP contribution in [0.5, 0.6) is 0 Å². The molecule has 4 saturated carbocycles. The highest BCUT2D eigenvalue weighted by Gasteiger charge is 2.60. The molecule has 0 amide bonds. The van der Waals surface area contributed by atoms with Gasteiger partial charge in [0.2, 0.25) is 0 Å². The van der Waals surface area contributed by atoms with E-state index in [1.807, 2.05) is 0 Å². The predicted molar refractivity (Wildman–Crippen MR) is 107 cm³/mol. The van der Waals surface area contributed by atoms with Crippen LogP contribution in [0, 0.1) is 46.3 Å². The minimum absolute atomic E-state index is 0.159. The van der Waals surface area contributed by atoms with Crippen LogP contribution < -0.4 is 0 Å². The highest BCUT2D eigenvalue weighted by Crippen LogP contribution is 2.68. The Morgan fingerprint density at radius 2 is 1.58 bits per heavy atom. The van der Waals surface area contributed by atoms with E-state index >= 15 is 0 Å². The zero-order chi connectivity index (χ0) is 18.9. The second-order valence-electron chi connectivity index (χ2n) is 11.6. The Labute approximate surface area is 160 Å². The molecule has 0 aromatic heterocycles. The molecule has 0 aromatic carbocycles. The molecule has 2 heteroatoms. The minimum atomic E-state index is -0.453. The Balaban J connectivity index is 1.63. The van der Waals surface area contributed by atoms with E-state index in [0.717, 1.165) is 42.1 Å². The van der Waals surface area contributed by atoms with Crippen LogP contribution in [0.2, 0.25) is 0 Å². The van der Waals surface area contributed by atoms with E-state index in [9.17, 15) is 10.2 Å². The van der Waals surface area contributed by atoms with E-state index in [0.29, 0.717) is 22.7 Å². The second-order valence-corrected chi connectivity index (χ2v) is 11.6. The molecule has 4 rings (SSSR count). The molecule has 26 heavy (non-hydrogen) atoms. The Hall–Kier alpha value is -0.340. The van der Waals surface area contributed by atoms with E-state index in [1.54, 1.807) is 0 Å². The standard InChI is InChI=1S/C24H40O2/c1-15(14-25)19-6-7-20-18-12-22(2,3)21-13-23(4,26)10-8-17(21)16(18)9-11-24(19,20)5/h16-21,25-26H,1,6-14H2,2-5H3/t16-,17-,18-,19-,20+,21-,23-,24-/m1/s1. The lowest BCUT2D eigenvalue weighted by molar-refractivity contribution is -0.144. The number of aliphatic hydroxyl groups excluding tert-OH is 1. The van der Waals surface area contributed by atoms with Crippen LogP contribution in [0.3, 0.4) is 0 Å². The number of aliphatic hydroxyl groups is 2. The lowest BCUT2D eigenvalue weighted by atomic mass is 9.44. The fourth-order valence-corrected chi connectivity index (χ4v) is 8.46. The van der Waals surface area contributed by atoms with Crippen molar-refractivity contribution in [2.45, 2.75) is 84.7 Å². The van der Waals surface area contributed by atoms with Gasteiger partial charge in [-0.3, -0.25) is 0 Å². The van der Waals surface area contributed by atoms with Gasteiger partial charge in [-0.25, -0.2) is 0 Å². The van der Waals surface area contributed by atoms with Gasteiger partial charge in [-0.1, -0.05) is 27.4 Å². The average molecular weight is 361 g/mol. The topological polar surface area (TPSA) is 40.5 Å². The van der Waals surface area contributed by atoms with Crippen molar-refractivity contribution in [3.63, 3.8) is 0 Å². The molecule has 2 N–H and O–H groups in total. The van der Waals surface area contributed by atoms with Gasteiger partial charge in [-0.05, 0) is 110 Å².